The fourth-order valence-electron chi connectivity index (χ4n) is 2.02. The van der Waals surface area contributed by atoms with E-state index in [1.165, 1.54) is 30.3 Å². The predicted octanol–water partition coefficient (Wildman–Crippen LogP) is 2.49. The van der Waals surface area contributed by atoms with E-state index in [9.17, 15) is 23.6 Å². The molecule has 7 nitrogen and oxygen atoms in total. The van der Waals surface area contributed by atoms with E-state index in [0.717, 1.165) is 6.07 Å². The van der Waals surface area contributed by atoms with Crippen molar-refractivity contribution >= 4 is 27.8 Å². The highest BCUT2D eigenvalue weighted by Crippen LogP contribution is 2.20. The molecule has 8 heteroatoms. The van der Waals surface area contributed by atoms with Crippen LogP contribution < -0.4 is 5.32 Å². The van der Waals surface area contributed by atoms with Crippen molar-refractivity contribution < 1.29 is 22.9 Å². The molecule has 0 bridgehead atoms. The molecule has 0 fully saturated rings. The molecule has 2 aromatic rings. The molecule has 2 rings (SSSR count). The second-order valence-electron chi connectivity index (χ2n) is 5.17. The Bertz CT molecular complexity index is 1000. The molecule has 0 saturated carbocycles. The fraction of sp³-hybridized carbons (Fsp3) is 0.0588. The summed E-state index contributed by atoms with van der Waals surface area (Å²) < 4.78 is 31.3. The molecule has 0 heterocycles. The van der Waals surface area contributed by atoms with Gasteiger partial charge in [-0.2, -0.15) is 13.7 Å². The summed E-state index contributed by atoms with van der Waals surface area (Å²) in [4.78, 5) is 11.8. The van der Waals surface area contributed by atoms with Gasteiger partial charge in [-0.15, -0.1) is 0 Å². The summed E-state index contributed by atoms with van der Waals surface area (Å²) >= 11 is 0. The van der Waals surface area contributed by atoms with Gasteiger partial charge in [-0.05, 0) is 54.5 Å². The molecule has 0 saturated heterocycles. The third-order valence-corrected chi connectivity index (χ3v) is 4.14. The highest BCUT2D eigenvalue weighted by atomic mass is 32.2. The van der Waals surface area contributed by atoms with Crippen LogP contribution in [0.15, 0.2) is 52.9 Å². The number of phenolic OH excluding ortho intramolecular Hbond substituents is 1. The van der Waals surface area contributed by atoms with Gasteiger partial charge >= 0.3 is 0 Å². The normalized spacial score (nSPS) is 11.6. The van der Waals surface area contributed by atoms with Crippen molar-refractivity contribution in [3.8, 4) is 11.8 Å². The number of amides is 1. The van der Waals surface area contributed by atoms with Crippen molar-refractivity contribution in [1.29, 1.82) is 5.26 Å². The first-order valence-corrected chi connectivity index (χ1v) is 8.45. The van der Waals surface area contributed by atoms with E-state index in [-0.39, 0.29) is 21.9 Å². The van der Waals surface area contributed by atoms with Crippen LogP contribution in [0.5, 0.6) is 5.75 Å². The molecular formula is C17H14N2O5S. The monoisotopic (exact) mass is 358 g/mol. The van der Waals surface area contributed by atoms with E-state index in [1.54, 1.807) is 25.1 Å². The second kappa shape index (κ2) is 7.17. The Kier molecular flexibility index (Phi) is 5.22. The summed E-state index contributed by atoms with van der Waals surface area (Å²) in [5.41, 5.74) is 1.05. The zero-order chi connectivity index (χ0) is 18.6. The van der Waals surface area contributed by atoms with Gasteiger partial charge in [0.15, 0.2) is 0 Å². The van der Waals surface area contributed by atoms with E-state index >= 15 is 0 Å². The zero-order valence-electron chi connectivity index (χ0n) is 13.1. The summed E-state index contributed by atoms with van der Waals surface area (Å²) in [6.07, 6.45) is 1.34. The lowest BCUT2D eigenvalue weighted by atomic mass is 10.1. The maximum absolute atomic E-state index is 12.2. The smallest absolute Gasteiger partial charge is 0.294 e. The predicted molar refractivity (Wildman–Crippen MR) is 91.3 cm³/mol. The molecule has 0 aliphatic rings. The van der Waals surface area contributed by atoms with Gasteiger partial charge in [0.2, 0.25) is 0 Å². The van der Waals surface area contributed by atoms with Gasteiger partial charge in [-0.1, -0.05) is 12.1 Å². The number of rotatable bonds is 4. The molecular weight excluding hydrogens is 344 g/mol. The van der Waals surface area contributed by atoms with E-state index in [0.29, 0.717) is 11.1 Å². The van der Waals surface area contributed by atoms with E-state index < -0.39 is 16.0 Å². The van der Waals surface area contributed by atoms with Crippen molar-refractivity contribution in [2.75, 3.05) is 5.32 Å². The maximum Gasteiger partial charge on any atom is 0.294 e. The third-order valence-electron chi connectivity index (χ3n) is 3.29. The summed E-state index contributed by atoms with van der Waals surface area (Å²) in [6, 6.07) is 11.4. The van der Waals surface area contributed by atoms with Crippen LogP contribution >= 0.6 is 0 Å². The van der Waals surface area contributed by atoms with E-state index in [1.807, 2.05) is 0 Å². The van der Waals surface area contributed by atoms with Crippen LogP contribution in [0.4, 0.5) is 5.69 Å². The van der Waals surface area contributed by atoms with Gasteiger partial charge in [-0.25, -0.2) is 0 Å². The molecule has 0 unspecified atom stereocenters. The summed E-state index contributed by atoms with van der Waals surface area (Å²) in [5, 5.41) is 21.1. The molecule has 128 valence electrons. The van der Waals surface area contributed by atoms with E-state index in [4.69, 9.17) is 4.55 Å². The lowest BCUT2D eigenvalue weighted by Gasteiger charge is -2.06. The number of carbonyl (C=O) groups excluding carboxylic acids is 1. The quantitative estimate of drug-likeness (QED) is 0.438. The van der Waals surface area contributed by atoms with Crippen LogP contribution in [0.3, 0.4) is 0 Å². The van der Waals surface area contributed by atoms with Crippen LogP contribution in [-0.2, 0) is 14.9 Å². The van der Waals surface area contributed by atoms with Crippen LogP contribution in [-0.4, -0.2) is 24.0 Å². The highest BCUT2D eigenvalue weighted by molar-refractivity contribution is 7.85. The Morgan fingerprint density at radius 1 is 1.24 bits per heavy atom. The summed E-state index contributed by atoms with van der Waals surface area (Å²) in [6.45, 7) is 1.68. The lowest BCUT2D eigenvalue weighted by Crippen LogP contribution is -2.13. The molecule has 3 N–H and O–H groups in total. The molecule has 0 atom stereocenters. The molecule has 2 aromatic carbocycles. The Hall–Kier alpha value is -3.15. The standard InChI is InChI=1S/C17H14N2O5S/c1-11-7-12(5-6-16(11)20)8-13(10-18)17(21)19-14-3-2-4-15(9-14)25(22,23)24/h2-9,20H,1H3,(H,19,21)(H,22,23,24). The average Bonchev–Trinajstić information content (AvgIpc) is 2.55. The number of anilines is 1. The minimum Gasteiger partial charge on any atom is -0.508 e. The molecule has 0 aromatic heterocycles. The molecule has 25 heavy (non-hydrogen) atoms. The molecule has 0 aliphatic carbocycles. The second-order valence-corrected chi connectivity index (χ2v) is 6.59. The number of phenols is 1. The van der Waals surface area contributed by atoms with Gasteiger partial charge in [0, 0.05) is 5.69 Å². The van der Waals surface area contributed by atoms with Crippen LogP contribution in [0.1, 0.15) is 11.1 Å². The van der Waals surface area contributed by atoms with Gasteiger partial charge in [0.1, 0.15) is 17.4 Å². The number of nitrogens with zero attached hydrogens (tertiary/aromatic N) is 1. The van der Waals surface area contributed by atoms with Crippen molar-refractivity contribution in [3.63, 3.8) is 0 Å². The number of benzene rings is 2. The van der Waals surface area contributed by atoms with Gasteiger partial charge < -0.3 is 10.4 Å². The third kappa shape index (κ3) is 4.67. The topological polar surface area (TPSA) is 127 Å². The van der Waals surface area contributed by atoms with Crippen molar-refractivity contribution in [3.05, 3.63) is 59.2 Å². The van der Waals surface area contributed by atoms with Crippen molar-refractivity contribution in [1.82, 2.24) is 0 Å². The number of aromatic hydroxyl groups is 1. The van der Waals surface area contributed by atoms with Crippen LogP contribution in [0, 0.1) is 18.3 Å². The van der Waals surface area contributed by atoms with Crippen LogP contribution in [0.25, 0.3) is 6.08 Å². The Balaban J connectivity index is 2.28. The molecule has 1 amide bonds. The Morgan fingerprint density at radius 3 is 2.56 bits per heavy atom. The van der Waals surface area contributed by atoms with Crippen molar-refractivity contribution in [2.45, 2.75) is 11.8 Å². The highest BCUT2D eigenvalue weighted by Gasteiger charge is 2.13. The fourth-order valence-corrected chi connectivity index (χ4v) is 2.54. The van der Waals surface area contributed by atoms with Gasteiger partial charge in [0.25, 0.3) is 16.0 Å². The molecule has 0 aliphatic heterocycles. The number of aryl methyl sites for hydroxylation is 1. The number of carbonyl (C=O) groups is 1. The average molecular weight is 358 g/mol. The maximum atomic E-state index is 12.2. The summed E-state index contributed by atoms with van der Waals surface area (Å²) in [7, 11) is -4.40. The van der Waals surface area contributed by atoms with Crippen molar-refractivity contribution in [2.24, 2.45) is 0 Å². The van der Waals surface area contributed by atoms with Crippen LogP contribution in [0.2, 0.25) is 0 Å². The Morgan fingerprint density at radius 2 is 1.96 bits per heavy atom. The lowest BCUT2D eigenvalue weighted by molar-refractivity contribution is -0.112. The molecule has 0 radical (unpaired) electrons. The number of nitriles is 1. The SMILES string of the molecule is Cc1cc(C=C(C#N)C(=O)Nc2cccc(S(=O)(=O)O)c2)ccc1O. The van der Waals surface area contributed by atoms with Gasteiger partial charge in [-0.3, -0.25) is 9.35 Å². The molecule has 0 spiro atoms. The largest absolute Gasteiger partial charge is 0.508 e. The minimum atomic E-state index is -4.40. The Labute approximate surface area is 144 Å². The minimum absolute atomic E-state index is 0.0992. The number of hydrogen-bond acceptors (Lipinski definition) is 5. The number of nitrogens with one attached hydrogen (secondary N) is 1. The first kappa shape index (κ1) is 18.2. The summed E-state index contributed by atoms with van der Waals surface area (Å²) in [5.74, 6) is -0.636. The zero-order valence-corrected chi connectivity index (χ0v) is 13.9. The van der Waals surface area contributed by atoms with E-state index in [2.05, 4.69) is 5.32 Å². The first-order chi connectivity index (χ1) is 11.7. The number of hydrogen-bond donors (Lipinski definition) is 3. The van der Waals surface area contributed by atoms with Gasteiger partial charge in [0.05, 0.1) is 4.90 Å². The first-order valence-electron chi connectivity index (χ1n) is 7.01.